The first-order valence-corrected chi connectivity index (χ1v) is 8.48. The van der Waals surface area contributed by atoms with Gasteiger partial charge in [-0.2, -0.15) is 0 Å². The van der Waals surface area contributed by atoms with Crippen molar-refractivity contribution in [1.29, 1.82) is 0 Å². The largest absolute Gasteiger partial charge is 0.329 e. The lowest BCUT2D eigenvalue weighted by Gasteiger charge is -2.40. The molecule has 1 fully saturated rings. The van der Waals surface area contributed by atoms with Crippen molar-refractivity contribution in [2.24, 2.45) is 5.73 Å². The van der Waals surface area contributed by atoms with Crippen LogP contribution in [0.4, 0.5) is 0 Å². The Bertz CT molecular complexity index is 316. The number of hydrogen-bond donors (Lipinski definition) is 1. The Morgan fingerprint density at radius 2 is 2.06 bits per heavy atom. The zero-order chi connectivity index (χ0) is 12.9. The van der Waals surface area contributed by atoms with Gasteiger partial charge in [-0.1, -0.05) is 13.3 Å². The van der Waals surface area contributed by atoms with Gasteiger partial charge >= 0.3 is 0 Å². The quantitative estimate of drug-likeness (QED) is 0.776. The van der Waals surface area contributed by atoms with Gasteiger partial charge in [0, 0.05) is 24.4 Å². The van der Waals surface area contributed by atoms with Gasteiger partial charge < -0.3 is 5.73 Å². The van der Waals surface area contributed by atoms with Gasteiger partial charge in [0.05, 0.1) is 5.75 Å². The van der Waals surface area contributed by atoms with Crippen molar-refractivity contribution in [1.82, 2.24) is 4.90 Å². The molecule has 0 saturated carbocycles. The van der Waals surface area contributed by atoms with E-state index < -0.39 is 9.84 Å². The monoisotopic (exact) mass is 262 g/mol. The van der Waals surface area contributed by atoms with E-state index in [1.807, 2.05) is 0 Å². The van der Waals surface area contributed by atoms with Crippen LogP contribution in [-0.4, -0.2) is 50.0 Å². The Hall–Kier alpha value is -0.130. The van der Waals surface area contributed by atoms with Crippen molar-refractivity contribution in [3.8, 4) is 0 Å². The fourth-order valence-electron chi connectivity index (χ4n) is 2.61. The molecule has 0 radical (unpaired) electrons. The van der Waals surface area contributed by atoms with Gasteiger partial charge in [-0.05, 0) is 32.7 Å². The smallest absolute Gasteiger partial charge is 0.150 e. The van der Waals surface area contributed by atoms with E-state index >= 15 is 0 Å². The number of rotatable bonds is 6. The minimum Gasteiger partial charge on any atom is -0.329 e. The van der Waals surface area contributed by atoms with E-state index in [-0.39, 0.29) is 5.75 Å². The Morgan fingerprint density at radius 3 is 2.65 bits per heavy atom. The van der Waals surface area contributed by atoms with E-state index in [0.717, 1.165) is 19.4 Å². The second-order valence-corrected chi connectivity index (χ2v) is 7.47. The van der Waals surface area contributed by atoms with Crippen molar-refractivity contribution in [3.63, 3.8) is 0 Å². The minimum absolute atomic E-state index is 0.253. The fraction of sp³-hybridized carbons (Fsp3) is 1.00. The molecule has 0 spiro atoms. The molecule has 0 bridgehead atoms. The first-order valence-electron chi connectivity index (χ1n) is 6.66. The highest BCUT2D eigenvalue weighted by molar-refractivity contribution is 7.91. The van der Waals surface area contributed by atoms with Crippen LogP contribution in [0.5, 0.6) is 0 Å². The molecule has 2 atom stereocenters. The molecule has 0 amide bonds. The lowest BCUT2D eigenvalue weighted by atomic mass is 9.96. The van der Waals surface area contributed by atoms with E-state index in [2.05, 4.69) is 11.8 Å². The standard InChI is InChI=1S/C12H26N2O2S/c1-3-17(15,16)9-5-8-14-11(2)6-4-7-12(14)10-13/h11-12H,3-10,13H2,1-2H3. The minimum atomic E-state index is -2.82. The van der Waals surface area contributed by atoms with Crippen molar-refractivity contribution < 1.29 is 8.42 Å². The molecule has 2 N–H and O–H groups in total. The fourth-order valence-corrected chi connectivity index (χ4v) is 3.47. The van der Waals surface area contributed by atoms with Gasteiger partial charge in [0.1, 0.15) is 9.84 Å². The molecule has 0 aromatic heterocycles. The van der Waals surface area contributed by atoms with Crippen LogP contribution >= 0.6 is 0 Å². The van der Waals surface area contributed by atoms with Gasteiger partial charge in [0.15, 0.2) is 0 Å². The Labute approximate surface area is 105 Å². The number of piperidine rings is 1. The third-order valence-electron chi connectivity index (χ3n) is 3.78. The van der Waals surface area contributed by atoms with E-state index in [1.165, 1.54) is 12.8 Å². The predicted octanol–water partition coefficient (Wildman–Crippen LogP) is 1.01. The van der Waals surface area contributed by atoms with Crippen LogP contribution in [0.25, 0.3) is 0 Å². The summed E-state index contributed by atoms with van der Waals surface area (Å²) in [7, 11) is -2.82. The van der Waals surface area contributed by atoms with E-state index in [4.69, 9.17) is 5.73 Å². The summed E-state index contributed by atoms with van der Waals surface area (Å²) in [5, 5.41) is 0. The number of nitrogens with zero attached hydrogens (tertiary/aromatic N) is 1. The molecule has 0 aromatic rings. The van der Waals surface area contributed by atoms with Crippen molar-refractivity contribution in [2.45, 2.75) is 51.6 Å². The van der Waals surface area contributed by atoms with Crippen LogP contribution < -0.4 is 5.73 Å². The predicted molar refractivity (Wildman–Crippen MR) is 71.8 cm³/mol. The number of likely N-dealkylation sites (tertiary alicyclic amines) is 1. The number of sulfone groups is 1. The lowest BCUT2D eigenvalue weighted by molar-refractivity contribution is 0.0978. The highest BCUT2D eigenvalue weighted by atomic mass is 32.2. The van der Waals surface area contributed by atoms with Gasteiger partial charge in [-0.15, -0.1) is 0 Å². The van der Waals surface area contributed by atoms with Crippen molar-refractivity contribution >= 4 is 9.84 Å². The molecule has 1 aliphatic heterocycles. The third-order valence-corrected chi connectivity index (χ3v) is 5.57. The van der Waals surface area contributed by atoms with E-state index in [0.29, 0.717) is 24.4 Å². The van der Waals surface area contributed by atoms with Crippen LogP contribution in [0, 0.1) is 0 Å². The number of nitrogens with two attached hydrogens (primary N) is 1. The first-order chi connectivity index (χ1) is 8.00. The number of hydrogen-bond acceptors (Lipinski definition) is 4. The topological polar surface area (TPSA) is 63.4 Å². The van der Waals surface area contributed by atoms with Crippen molar-refractivity contribution in [2.75, 3.05) is 24.6 Å². The second kappa shape index (κ2) is 6.71. The molecule has 1 rings (SSSR count). The molecule has 2 unspecified atom stereocenters. The van der Waals surface area contributed by atoms with Crippen LogP contribution in [-0.2, 0) is 9.84 Å². The highest BCUT2D eigenvalue weighted by Crippen LogP contribution is 2.22. The third kappa shape index (κ3) is 4.56. The Kier molecular flexibility index (Phi) is 5.89. The summed E-state index contributed by atoms with van der Waals surface area (Å²) in [5.74, 6) is 0.562. The van der Waals surface area contributed by atoms with E-state index in [9.17, 15) is 8.42 Å². The molecule has 17 heavy (non-hydrogen) atoms. The van der Waals surface area contributed by atoms with Gasteiger partial charge in [-0.3, -0.25) is 4.90 Å². The Morgan fingerprint density at radius 1 is 1.35 bits per heavy atom. The zero-order valence-electron chi connectivity index (χ0n) is 11.1. The molecule has 1 heterocycles. The van der Waals surface area contributed by atoms with Crippen LogP contribution in [0.2, 0.25) is 0 Å². The zero-order valence-corrected chi connectivity index (χ0v) is 11.9. The Balaban J connectivity index is 2.42. The molecule has 4 nitrogen and oxygen atoms in total. The van der Waals surface area contributed by atoms with Gasteiger partial charge in [-0.25, -0.2) is 8.42 Å². The SMILES string of the molecule is CCS(=O)(=O)CCCN1C(C)CCCC1CN. The van der Waals surface area contributed by atoms with Crippen LogP contribution in [0.15, 0.2) is 0 Å². The van der Waals surface area contributed by atoms with Gasteiger partial charge in [0.25, 0.3) is 0 Å². The van der Waals surface area contributed by atoms with Crippen LogP contribution in [0.3, 0.4) is 0 Å². The molecule has 1 aliphatic rings. The summed E-state index contributed by atoms with van der Waals surface area (Å²) in [6.07, 6.45) is 4.34. The summed E-state index contributed by atoms with van der Waals surface area (Å²) >= 11 is 0. The summed E-state index contributed by atoms with van der Waals surface area (Å²) in [4.78, 5) is 2.40. The summed E-state index contributed by atoms with van der Waals surface area (Å²) in [6.45, 7) is 5.48. The maximum Gasteiger partial charge on any atom is 0.150 e. The maximum atomic E-state index is 11.4. The van der Waals surface area contributed by atoms with Crippen molar-refractivity contribution in [3.05, 3.63) is 0 Å². The summed E-state index contributed by atoms with van der Waals surface area (Å²) in [6, 6.07) is 0.990. The molecule has 0 aromatic carbocycles. The van der Waals surface area contributed by atoms with Crippen LogP contribution in [0.1, 0.15) is 39.5 Å². The highest BCUT2D eigenvalue weighted by Gasteiger charge is 2.26. The molecular formula is C12H26N2O2S. The van der Waals surface area contributed by atoms with Gasteiger partial charge in [0.2, 0.25) is 0 Å². The summed E-state index contributed by atoms with van der Waals surface area (Å²) < 4.78 is 22.9. The molecule has 0 aliphatic carbocycles. The average molecular weight is 262 g/mol. The molecular weight excluding hydrogens is 236 g/mol. The summed E-state index contributed by atoms with van der Waals surface area (Å²) in [5.41, 5.74) is 5.78. The maximum absolute atomic E-state index is 11.4. The second-order valence-electron chi connectivity index (χ2n) is 5.00. The van der Waals surface area contributed by atoms with E-state index in [1.54, 1.807) is 6.92 Å². The molecule has 102 valence electrons. The normalized spacial score (nSPS) is 27.2. The molecule has 1 saturated heterocycles. The lowest BCUT2D eigenvalue weighted by Crippen LogP contribution is -2.49. The first kappa shape index (κ1) is 14.9. The molecule has 5 heteroatoms. The average Bonchev–Trinajstić information content (AvgIpc) is 2.31.